The summed E-state index contributed by atoms with van der Waals surface area (Å²) in [5.74, 6) is -0.193. The highest BCUT2D eigenvalue weighted by molar-refractivity contribution is 9.10. The zero-order chi connectivity index (χ0) is 19.0. The Hall–Kier alpha value is -1.79. The van der Waals surface area contributed by atoms with Crippen molar-refractivity contribution in [3.05, 3.63) is 56.7 Å². The van der Waals surface area contributed by atoms with E-state index in [0.29, 0.717) is 4.91 Å². The minimum absolute atomic E-state index is 0.0810. The molecule has 136 valence electrons. The molecule has 6 heteroatoms. The Balaban J connectivity index is 1.99. The molecule has 0 unspecified atom stereocenters. The van der Waals surface area contributed by atoms with Crippen LogP contribution in [0.15, 0.2) is 39.7 Å². The van der Waals surface area contributed by atoms with Gasteiger partial charge in [-0.15, -0.1) is 0 Å². The summed E-state index contributed by atoms with van der Waals surface area (Å²) in [4.78, 5) is 26.7. The Morgan fingerprint density at radius 1 is 1.23 bits per heavy atom. The predicted molar refractivity (Wildman–Crippen MR) is 111 cm³/mol. The van der Waals surface area contributed by atoms with Crippen molar-refractivity contribution in [3.8, 4) is 5.69 Å². The molecule has 2 aromatic rings. The van der Waals surface area contributed by atoms with E-state index < -0.39 is 0 Å². The monoisotopic (exact) mass is 432 g/mol. The average molecular weight is 433 g/mol. The van der Waals surface area contributed by atoms with Crippen LogP contribution in [0.2, 0.25) is 0 Å². The molecule has 3 rings (SSSR count). The summed E-state index contributed by atoms with van der Waals surface area (Å²) >= 11 is 4.54. The first-order chi connectivity index (χ1) is 12.3. The van der Waals surface area contributed by atoms with Gasteiger partial charge in [0.15, 0.2) is 0 Å². The number of rotatable bonds is 4. The Bertz CT molecular complexity index is 917. The Labute approximate surface area is 166 Å². The van der Waals surface area contributed by atoms with Crippen molar-refractivity contribution < 1.29 is 9.59 Å². The molecule has 1 aromatic carbocycles. The lowest BCUT2D eigenvalue weighted by Gasteiger charge is -2.19. The quantitative estimate of drug-likeness (QED) is 0.582. The molecule has 2 amide bonds. The highest BCUT2D eigenvalue weighted by Gasteiger charge is 2.37. The first-order valence-corrected chi connectivity index (χ1v) is 10.2. The lowest BCUT2D eigenvalue weighted by atomic mass is 10.2. The van der Waals surface area contributed by atoms with E-state index in [4.69, 9.17) is 0 Å². The number of aromatic nitrogens is 1. The van der Waals surface area contributed by atoms with E-state index in [0.717, 1.165) is 45.3 Å². The summed E-state index contributed by atoms with van der Waals surface area (Å²) in [6, 6.07) is 10.1. The van der Waals surface area contributed by atoms with E-state index in [9.17, 15) is 9.59 Å². The van der Waals surface area contributed by atoms with Crippen molar-refractivity contribution in [2.24, 2.45) is 0 Å². The van der Waals surface area contributed by atoms with Crippen LogP contribution in [-0.4, -0.2) is 26.7 Å². The number of amides is 2. The largest absolute Gasteiger partial charge is 0.318 e. The maximum Gasteiger partial charge on any atom is 0.293 e. The average Bonchev–Trinajstić information content (AvgIpc) is 3.03. The molecule has 0 radical (unpaired) electrons. The molecule has 1 atom stereocenters. The minimum Gasteiger partial charge on any atom is -0.318 e. The summed E-state index contributed by atoms with van der Waals surface area (Å²) in [7, 11) is 0. The van der Waals surface area contributed by atoms with Crippen LogP contribution < -0.4 is 0 Å². The molecule has 0 spiro atoms. The molecule has 0 aliphatic carbocycles. The first-order valence-electron chi connectivity index (χ1n) is 8.55. The van der Waals surface area contributed by atoms with Gasteiger partial charge >= 0.3 is 0 Å². The Morgan fingerprint density at radius 3 is 2.62 bits per heavy atom. The van der Waals surface area contributed by atoms with Crippen molar-refractivity contribution in [1.29, 1.82) is 0 Å². The molecule has 1 fully saturated rings. The van der Waals surface area contributed by atoms with Gasteiger partial charge in [-0.3, -0.25) is 14.5 Å². The lowest BCUT2D eigenvalue weighted by molar-refractivity contribution is -0.124. The molecular formula is C20H21BrN2O2S. The molecule has 1 aromatic heterocycles. The second kappa shape index (κ2) is 7.45. The second-order valence-corrected chi connectivity index (χ2v) is 8.36. The van der Waals surface area contributed by atoms with Crippen molar-refractivity contribution in [3.63, 3.8) is 0 Å². The van der Waals surface area contributed by atoms with Crippen molar-refractivity contribution >= 4 is 44.9 Å². The first kappa shape index (κ1) is 19.0. The number of benzene rings is 1. The van der Waals surface area contributed by atoms with Crippen molar-refractivity contribution in [2.45, 2.75) is 40.2 Å². The van der Waals surface area contributed by atoms with E-state index >= 15 is 0 Å². The third kappa shape index (κ3) is 3.40. The lowest BCUT2D eigenvalue weighted by Crippen LogP contribution is -2.36. The fourth-order valence-electron chi connectivity index (χ4n) is 3.13. The number of nitrogens with zero attached hydrogens (tertiary/aromatic N) is 2. The summed E-state index contributed by atoms with van der Waals surface area (Å²) in [5, 5.41) is -0.184. The number of hydrogen-bond acceptors (Lipinski definition) is 3. The molecule has 4 nitrogen and oxygen atoms in total. The molecule has 1 saturated heterocycles. The van der Waals surface area contributed by atoms with Gasteiger partial charge in [-0.05, 0) is 74.9 Å². The number of imide groups is 1. The highest BCUT2D eigenvalue weighted by Crippen LogP contribution is 2.35. The smallest absolute Gasteiger partial charge is 0.293 e. The fraction of sp³-hybridized carbons (Fsp3) is 0.300. The minimum atomic E-state index is -0.193. The number of halogens is 1. The maximum atomic E-state index is 12.6. The zero-order valence-corrected chi connectivity index (χ0v) is 17.6. The van der Waals surface area contributed by atoms with E-state index in [-0.39, 0.29) is 17.2 Å². The van der Waals surface area contributed by atoms with E-state index in [1.807, 2.05) is 58.0 Å². The summed E-state index contributed by atoms with van der Waals surface area (Å²) in [5.41, 5.74) is 4.13. The van der Waals surface area contributed by atoms with E-state index in [1.165, 1.54) is 4.90 Å². The SMILES string of the molecule is CC[C@H](C)N1C(=O)S/C(=C/c2cc(C)n(-c3cccc(Br)c3)c2C)C1=O. The van der Waals surface area contributed by atoms with Gasteiger partial charge in [0.25, 0.3) is 11.1 Å². The number of carbonyl (C=O) groups is 2. The van der Waals surface area contributed by atoms with Crippen LogP contribution >= 0.6 is 27.7 Å². The van der Waals surface area contributed by atoms with Crippen LogP contribution in [0.5, 0.6) is 0 Å². The number of carbonyl (C=O) groups excluding carboxylic acids is 2. The molecule has 1 aliphatic rings. The molecule has 1 aliphatic heterocycles. The van der Waals surface area contributed by atoms with Gasteiger partial charge in [-0.2, -0.15) is 0 Å². The van der Waals surface area contributed by atoms with E-state index in [2.05, 4.69) is 26.6 Å². The number of hydrogen-bond donors (Lipinski definition) is 0. The molecule has 2 heterocycles. The van der Waals surface area contributed by atoms with Gasteiger partial charge in [0, 0.05) is 27.6 Å². The molecule has 26 heavy (non-hydrogen) atoms. The van der Waals surface area contributed by atoms with Crippen molar-refractivity contribution in [1.82, 2.24) is 9.47 Å². The van der Waals surface area contributed by atoms with Gasteiger partial charge < -0.3 is 4.57 Å². The zero-order valence-electron chi connectivity index (χ0n) is 15.2. The Morgan fingerprint density at radius 2 is 1.96 bits per heavy atom. The second-order valence-electron chi connectivity index (χ2n) is 6.45. The van der Waals surface area contributed by atoms with Crippen LogP contribution in [0.4, 0.5) is 4.79 Å². The van der Waals surface area contributed by atoms with E-state index in [1.54, 1.807) is 0 Å². The number of thioether (sulfide) groups is 1. The standard InChI is InChI=1S/C20H21BrN2O2S/c1-5-12(2)23-19(24)18(26-20(23)25)10-15-9-13(3)22(14(15)4)17-8-6-7-16(21)11-17/h6-12H,5H2,1-4H3/b18-10+/t12-/m0/s1. The van der Waals surface area contributed by atoms with Crippen molar-refractivity contribution in [2.75, 3.05) is 0 Å². The summed E-state index contributed by atoms with van der Waals surface area (Å²) in [6.45, 7) is 7.94. The van der Waals surface area contributed by atoms with Gasteiger partial charge in [0.1, 0.15) is 0 Å². The molecule has 0 saturated carbocycles. The summed E-state index contributed by atoms with van der Waals surface area (Å²) in [6.07, 6.45) is 2.59. The molecular weight excluding hydrogens is 412 g/mol. The maximum absolute atomic E-state index is 12.6. The van der Waals surface area contributed by atoms with Gasteiger partial charge in [-0.1, -0.05) is 28.9 Å². The van der Waals surface area contributed by atoms with Crippen LogP contribution in [0.1, 0.15) is 37.2 Å². The normalized spacial score (nSPS) is 17.4. The van der Waals surface area contributed by atoms with Gasteiger partial charge in [0.05, 0.1) is 4.91 Å². The predicted octanol–water partition coefficient (Wildman–Crippen LogP) is 5.69. The highest BCUT2D eigenvalue weighted by atomic mass is 79.9. The molecule has 0 N–H and O–H groups in total. The topological polar surface area (TPSA) is 42.3 Å². The van der Waals surface area contributed by atoms with Gasteiger partial charge in [-0.25, -0.2) is 0 Å². The Kier molecular flexibility index (Phi) is 5.44. The summed E-state index contributed by atoms with van der Waals surface area (Å²) < 4.78 is 3.16. The van der Waals surface area contributed by atoms with Crippen LogP contribution in [0.3, 0.4) is 0 Å². The molecule has 0 bridgehead atoms. The third-order valence-electron chi connectivity index (χ3n) is 4.68. The fourth-order valence-corrected chi connectivity index (χ4v) is 4.44. The van der Waals surface area contributed by atoms with Gasteiger partial charge in [0.2, 0.25) is 0 Å². The number of aryl methyl sites for hydroxylation is 1. The van der Waals surface area contributed by atoms with Crippen LogP contribution in [0, 0.1) is 13.8 Å². The van der Waals surface area contributed by atoms with Crippen LogP contribution in [-0.2, 0) is 4.79 Å². The third-order valence-corrected chi connectivity index (χ3v) is 6.06. The van der Waals surface area contributed by atoms with Crippen LogP contribution in [0.25, 0.3) is 11.8 Å².